The number of amides is 1. The van der Waals surface area contributed by atoms with Crippen LogP contribution < -0.4 is 19.7 Å². The van der Waals surface area contributed by atoms with E-state index in [4.69, 9.17) is 21.1 Å². The molecule has 27 heavy (non-hydrogen) atoms. The number of hydrazine groups is 1. The molecule has 0 aliphatic carbocycles. The number of sulfonamides is 1. The summed E-state index contributed by atoms with van der Waals surface area (Å²) in [5.74, 6) is -0.134. The predicted octanol–water partition coefficient (Wildman–Crippen LogP) is 1.89. The summed E-state index contributed by atoms with van der Waals surface area (Å²) in [5.41, 5.74) is 1.50. The molecule has 0 aliphatic heterocycles. The monoisotopic (exact) mass is 415 g/mol. The van der Waals surface area contributed by atoms with Crippen LogP contribution in [0.4, 0.5) is 5.69 Å². The first-order valence-electron chi connectivity index (χ1n) is 7.17. The average molecular weight is 416 g/mol. The number of benzene rings is 2. The highest BCUT2D eigenvalue weighted by molar-refractivity contribution is 7.89. The molecule has 144 valence electrons. The van der Waals surface area contributed by atoms with Crippen LogP contribution in [0.2, 0.25) is 5.02 Å². The Morgan fingerprint density at radius 3 is 2.22 bits per heavy atom. The van der Waals surface area contributed by atoms with Crippen molar-refractivity contribution in [3.63, 3.8) is 0 Å². The summed E-state index contributed by atoms with van der Waals surface area (Å²) >= 11 is 5.66. The Morgan fingerprint density at radius 1 is 1.11 bits per heavy atom. The number of methoxy groups -OCH3 is 2. The fourth-order valence-corrected chi connectivity index (χ4v) is 3.03. The van der Waals surface area contributed by atoms with E-state index in [1.54, 1.807) is 0 Å². The molecule has 0 radical (unpaired) electrons. The minimum atomic E-state index is -4.28. The van der Waals surface area contributed by atoms with E-state index >= 15 is 0 Å². The average Bonchev–Trinajstić information content (AvgIpc) is 2.65. The molecule has 12 heteroatoms. The van der Waals surface area contributed by atoms with E-state index in [0.29, 0.717) is 11.5 Å². The van der Waals surface area contributed by atoms with Crippen molar-refractivity contribution < 1.29 is 27.6 Å². The van der Waals surface area contributed by atoms with E-state index in [1.165, 1.54) is 32.4 Å². The molecule has 0 atom stereocenters. The number of nitro groups is 1. The number of rotatable bonds is 7. The summed E-state index contributed by atoms with van der Waals surface area (Å²) in [6, 6.07) is 7.21. The lowest BCUT2D eigenvalue weighted by molar-refractivity contribution is -0.384. The Labute approximate surface area is 159 Å². The third-order valence-electron chi connectivity index (χ3n) is 3.34. The second-order valence-electron chi connectivity index (χ2n) is 5.03. The maximum absolute atomic E-state index is 12.3. The van der Waals surface area contributed by atoms with Crippen LogP contribution in [0.1, 0.15) is 10.4 Å². The normalized spacial score (nSPS) is 10.9. The molecule has 2 N–H and O–H groups in total. The number of nitro benzene ring substituents is 1. The van der Waals surface area contributed by atoms with Gasteiger partial charge in [-0.1, -0.05) is 11.6 Å². The Morgan fingerprint density at radius 2 is 1.70 bits per heavy atom. The highest BCUT2D eigenvalue weighted by Crippen LogP contribution is 2.27. The molecule has 0 aromatic heterocycles. The van der Waals surface area contributed by atoms with E-state index in [2.05, 4.69) is 0 Å². The minimum absolute atomic E-state index is 0.0657. The molecule has 2 aromatic rings. The van der Waals surface area contributed by atoms with E-state index in [0.717, 1.165) is 18.2 Å². The molecule has 2 aromatic carbocycles. The molecule has 0 saturated carbocycles. The smallest absolute Gasteiger partial charge is 0.289 e. The van der Waals surface area contributed by atoms with Crippen molar-refractivity contribution in [1.29, 1.82) is 0 Å². The second kappa shape index (κ2) is 8.20. The lowest BCUT2D eigenvalue weighted by Crippen LogP contribution is -2.41. The van der Waals surface area contributed by atoms with Gasteiger partial charge in [0.1, 0.15) is 16.5 Å². The molecule has 0 heterocycles. The van der Waals surface area contributed by atoms with Gasteiger partial charge in [0.2, 0.25) is 0 Å². The lowest BCUT2D eigenvalue weighted by Gasteiger charge is -2.11. The zero-order valence-electron chi connectivity index (χ0n) is 14.1. The van der Waals surface area contributed by atoms with Gasteiger partial charge in [-0.15, -0.1) is 4.83 Å². The number of carbonyl (C=O) groups excluding carboxylic acids is 1. The third kappa shape index (κ3) is 4.84. The minimum Gasteiger partial charge on any atom is -0.497 e. The fourth-order valence-electron chi connectivity index (χ4n) is 1.98. The first kappa shape index (κ1) is 20.4. The van der Waals surface area contributed by atoms with Crippen LogP contribution >= 0.6 is 11.6 Å². The van der Waals surface area contributed by atoms with Crippen LogP contribution in [-0.4, -0.2) is 33.5 Å². The zero-order chi connectivity index (χ0) is 20.2. The van der Waals surface area contributed by atoms with Crippen molar-refractivity contribution in [2.75, 3.05) is 14.2 Å². The van der Waals surface area contributed by atoms with Gasteiger partial charge in [-0.25, -0.2) is 8.42 Å². The topological polar surface area (TPSA) is 137 Å². The van der Waals surface area contributed by atoms with Crippen LogP contribution in [-0.2, 0) is 10.0 Å². The number of carbonyl (C=O) groups is 1. The Hall–Kier alpha value is -2.89. The van der Waals surface area contributed by atoms with Crippen molar-refractivity contribution in [3.8, 4) is 11.5 Å². The molecule has 0 aliphatic rings. The van der Waals surface area contributed by atoms with E-state index in [1.807, 2.05) is 10.3 Å². The summed E-state index contributed by atoms with van der Waals surface area (Å²) in [4.78, 5) is 23.7. The molecule has 0 bridgehead atoms. The van der Waals surface area contributed by atoms with Gasteiger partial charge < -0.3 is 9.47 Å². The number of hydrogen-bond donors (Lipinski definition) is 2. The Bertz CT molecular complexity index is 973. The summed E-state index contributed by atoms with van der Waals surface area (Å²) in [6.45, 7) is 0. The molecular formula is C15H14ClN3O7S. The summed E-state index contributed by atoms with van der Waals surface area (Å²) in [5, 5.41) is 10.7. The number of nitrogens with one attached hydrogen (secondary N) is 2. The highest BCUT2D eigenvalue weighted by Gasteiger charge is 2.21. The maximum Gasteiger partial charge on any atom is 0.289 e. The SMILES string of the molecule is COc1cc(OC)cc(C(=O)NNS(=O)(=O)c2ccc(Cl)c([N+](=O)[O-])c2)c1. The number of ether oxygens (including phenoxy) is 2. The maximum atomic E-state index is 12.3. The van der Waals surface area contributed by atoms with E-state index < -0.39 is 31.4 Å². The molecule has 0 saturated heterocycles. The second-order valence-corrected chi connectivity index (χ2v) is 7.12. The third-order valence-corrected chi connectivity index (χ3v) is 4.90. The summed E-state index contributed by atoms with van der Waals surface area (Å²) < 4.78 is 34.6. The molecule has 2 rings (SSSR count). The van der Waals surface area contributed by atoms with Crippen molar-refractivity contribution >= 4 is 33.2 Å². The van der Waals surface area contributed by atoms with Crippen molar-refractivity contribution in [3.05, 3.63) is 57.1 Å². The van der Waals surface area contributed by atoms with Gasteiger partial charge in [0.15, 0.2) is 0 Å². The summed E-state index contributed by atoms with van der Waals surface area (Å²) in [7, 11) is -1.48. The van der Waals surface area contributed by atoms with Gasteiger partial charge >= 0.3 is 0 Å². The highest BCUT2D eigenvalue weighted by atomic mass is 35.5. The van der Waals surface area contributed by atoms with E-state index in [-0.39, 0.29) is 10.6 Å². The van der Waals surface area contributed by atoms with Crippen LogP contribution in [0, 0.1) is 10.1 Å². The van der Waals surface area contributed by atoms with Gasteiger partial charge in [-0.05, 0) is 24.3 Å². The lowest BCUT2D eigenvalue weighted by atomic mass is 10.2. The largest absolute Gasteiger partial charge is 0.497 e. The van der Waals surface area contributed by atoms with Crippen LogP contribution in [0.3, 0.4) is 0 Å². The van der Waals surface area contributed by atoms with Crippen LogP contribution in [0.5, 0.6) is 11.5 Å². The predicted molar refractivity (Wildman–Crippen MR) is 95.4 cm³/mol. The number of nitrogens with zero attached hydrogens (tertiary/aromatic N) is 1. The fraction of sp³-hybridized carbons (Fsp3) is 0.133. The van der Waals surface area contributed by atoms with Gasteiger partial charge in [0.05, 0.1) is 24.0 Å². The first-order valence-corrected chi connectivity index (χ1v) is 9.03. The Kier molecular flexibility index (Phi) is 6.20. The molecule has 0 unspecified atom stereocenters. The molecular weight excluding hydrogens is 402 g/mol. The zero-order valence-corrected chi connectivity index (χ0v) is 15.6. The standard InChI is InChI=1S/C15H14ClN3O7S/c1-25-10-5-9(6-11(7-10)26-2)15(20)17-18-27(23,24)12-3-4-13(16)14(8-12)19(21)22/h3-8,18H,1-2H3,(H,17,20). The Balaban J connectivity index is 2.21. The molecule has 0 spiro atoms. The van der Waals surface area contributed by atoms with Crippen molar-refractivity contribution in [2.45, 2.75) is 4.90 Å². The first-order chi connectivity index (χ1) is 12.7. The quantitative estimate of drug-likeness (QED) is 0.520. The molecule has 0 fully saturated rings. The number of halogens is 1. The van der Waals surface area contributed by atoms with Gasteiger partial charge in [-0.2, -0.15) is 0 Å². The van der Waals surface area contributed by atoms with Crippen LogP contribution in [0.25, 0.3) is 0 Å². The van der Waals surface area contributed by atoms with Crippen LogP contribution in [0.15, 0.2) is 41.3 Å². The molecule has 1 amide bonds. The van der Waals surface area contributed by atoms with Gasteiger partial charge in [-0.3, -0.25) is 20.3 Å². The summed E-state index contributed by atoms with van der Waals surface area (Å²) in [6.07, 6.45) is 0. The van der Waals surface area contributed by atoms with Gasteiger partial charge in [0, 0.05) is 17.7 Å². The van der Waals surface area contributed by atoms with Crippen molar-refractivity contribution in [2.24, 2.45) is 0 Å². The van der Waals surface area contributed by atoms with Crippen molar-refractivity contribution in [1.82, 2.24) is 10.3 Å². The van der Waals surface area contributed by atoms with Gasteiger partial charge in [0.25, 0.3) is 21.6 Å². The molecule has 10 nitrogen and oxygen atoms in total. The van der Waals surface area contributed by atoms with E-state index in [9.17, 15) is 23.3 Å². The number of hydrogen-bond acceptors (Lipinski definition) is 7.